The lowest BCUT2D eigenvalue weighted by molar-refractivity contribution is -0.119. The molecule has 1 saturated heterocycles. The number of rotatable bonds is 7. The van der Waals surface area contributed by atoms with Gasteiger partial charge in [0.2, 0.25) is 5.91 Å². The average molecular weight is 386 g/mol. The normalized spacial score (nSPS) is 16.2. The van der Waals surface area contributed by atoms with E-state index in [0.717, 1.165) is 11.1 Å². The number of hydrazine groups is 1. The molecule has 0 saturated carbocycles. The Balaban J connectivity index is 1.72. The highest BCUT2D eigenvalue weighted by molar-refractivity contribution is 5.90. The quantitative estimate of drug-likeness (QED) is 0.636. The summed E-state index contributed by atoms with van der Waals surface area (Å²) in [6.45, 7) is 2.54. The van der Waals surface area contributed by atoms with E-state index in [2.05, 4.69) is 16.2 Å². The summed E-state index contributed by atoms with van der Waals surface area (Å²) in [5.74, 6) is -0.616. The lowest BCUT2D eigenvalue weighted by Crippen LogP contribution is -2.33. The highest BCUT2D eigenvalue weighted by Crippen LogP contribution is 2.29. The number of carbonyl (C=O) groups excluding carboxylic acids is 2. The summed E-state index contributed by atoms with van der Waals surface area (Å²) >= 11 is 0. The molecule has 0 spiro atoms. The molecule has 7 nitrogen and oxygen atoms in total. The lowest BCUT2D eigenvalue weighted by Gasteiger charge is -2.15. The number of nitrogens with zero attached hydrogens (tertiary/aromatic N) is 1. The van der Waals surface area contributed by atoms with Crippen molar-refractivity contribution in [3.05, 3.63) is 53.8 Å². The molecule has 3 N–H and O–H groups in total. The van der Waals surface area contributed by atoms with Gasteiger partial charge in [-0.2, -0.15) is 0 Å². The van der Waals surface area contributed by atoms with E-state index in [9.17, 15) is 14.0 Å². The molecule has 1 fully saturated rings. The second-order valence-corrected chi connectivity index (χ2v) is 6.52. The Morgan fingerprint density at radius 2 is 2.00 bits per heavy atom. The van der Waals surface area contributed by atoms with E-state index in [4.69, 9.17) is 4.74 Å². The van der Waals surface area contributed by atoms with E-state index < -0.39 is 18.0 Å². The van der Waals surface area contributed by atoms with E-state index in [1.165, 1.54) is 17.9 Å². The third-order valence-corrected chi connectivity index (χ3v) is 4.45. The molecule has 0 radical (unpaired) electrons. The standard InChI is InChI=1S/C20H23FN4O3/c1-13(26)23-11-17-12-25(20(27)28-17)16-7-8-18(19(21)9-16)15-5-3-14(4-6-15)10-24-22-2/h3-9,17,22,24H,10-12H2,1-2H3,(H,23,26)/t17-/m0/s1. The molecule has 1 aliphatic rings. The third kappa shape index (κ3) is 4.65. The van der Waals surface area contributed by atoms with Crippen molar-refractivity contribution in [1.82, 2.24) is 16.2 Å². The summed E-state index contributed by atoms with van der Waals surface area (Å²) < 4.78 is 19.9. The molecule has 148 valence electrons. The lowest BCUT2D eigenvalue weighted by atomic mass is 10.0. The topological polar surface area (TPSA) is 82.7 Å². The second kappa shape index (κ2) is 8.81. The number of anilines is 1. The fraction of sp³-hybridized carbons (Fsp3) is 0.300. The Kier molecular flexibility index (Phi) is 6.23. The largest absolute Gasteiger partial charge is 0.442 e. The van der Waals surface area contributed by atoms with Crippen LogP contribution in [0.2, 0.25) is 0 Å². The van der Waals surface area contributed by atoms with Gasteiger partial charge in [0, 0.05) is 19.0 Å². The first-order valence-electron chi connectivity index (χ1n) is 8.99. The van der Waals surface area contributed by atoms with Gasteiger partial charge < -0.3 is 10.1 Å². The molecule has 0 bridgehead atoms. The van der Waals surface area contributed by atoms with Crippen LogP contribution in [0.3, 0.4) is 0 Å². The van der Waals surface area contributed by atoms with Gasteiger partial charge in [0.15, 0.2) is 0 Å². The van der Waals surface area contributed by atoms with Crippen LogP contribution in [0.4, 0.5) is 14.9 Å². The number of hydrogen-bond acceptors (Lipinski definition) is 5. The summed E-state index contributed by atoms with van der Waals surface area (Å²) in [7, 11) is 1.80. The van der Waals surface area contributed by atoms with E-state index in [0.29, 0.717) is 17.8 Å². The van der Waals surface area contributed by atoms with Crippen molar-refractivity contribution in [2.45, 2.75) is 19.6 Å². The van der Waals surface area contributed by atoms with Crippen molar-refractivity contribution in [3.63, 3.8) is 0 Å². The van der Waals surface area contributed by atoms with E-state index in [-0.39, 0.29) is 19.0 Å². The zero-order valence-corrected chi connectivity index (χ0v) is 15.8. The Morgan fingerprint density at radius 3 is 2.64 bits per heavy atom. The van der Waals surface area contributed by atoms with Crippen LogP contribution < -0.4 is 21.1 Å². The number of ether oxygens (including phenoxy) is 1. The van der Waals surface area contributed by atoms with Gasteiger partial charge >= 0.3 is 6.09 Å². The summed E-state index contributed by atoms with van der Waals surface area (Å²) in [5.41, 5.74) is 8.56. The smallest absolute Gasteiger partial charge is 0.414 e. The Hall–Kier alpha value is -2.97. The number of nitrogens with one attached hydrogen (secondary N) is 3. The molecule has 0 aromatic heterocycles. The molecule has 28 heavy (non-hydrogen) atoms. The maximum atomic E-state index is 14.7. The minimum atomic E-state index is -0.552. The Morgan fingerprint density at radius 1 is 1.25 bits per heavy atom. The van der Waals surface area contributed by atoms with Crippen LogP contribution >= 0.6 is 0 Å². The van der Waals surface area contributed by atoms with Crippen molar-refractivity contribution in [2.24, 2.45) is 0 Å². The molecule has 1 heterocycles. The molecule has 2 aromatic rings. The fourth-order valence-electron chi connectivity index (χ4n) is 2.99. The molecular weight excluding hydrogens is 363 g/mol. The van der Waals surface area contributed by atoms with E-state index >= 15 is 0 Å². The van der Waals surface area contributed by atoms with Gasteiger partial charge in [-0.1, -0.05) is 24.3 Å². The zero-order valence-electron chi connectivity index (χ0n) is 15.8. The predicted molar refractivity (Wildman–Crippen MR) is 104 cm³/mol. The summed E-state index contributed by atoms with van der Waals surface area (Å²) in [5, 5.41) is 2.61. The summed E-state index contributed by atoms with van der Waals surface area (Å²) in [4.78, 5) is 24.4. The summed E-state index contributed by atoms with van der Waals surface area (Å²) in [6, 6.07) is 12.2. The first kappa shape index (κ1) is 19.8. The molecule has 0 aliphatic carbocycles. The van der Waals surface area contributed by atoms with Gasteiger partial charge in [-0.3, -0.25) is 20.5 Å². The highest BCUT2D eigenvalue weighted by Gasteiger charge is 2.32. The van der Waals surface area contributed by atoms with Crippen LogP contribution in [0, 0.1) is 5.82 Å². The van der Waals surface area contributed by atoms with Crippen LogP contribution in [0.15, 0.2) is 42.5 Å². The van der Waals surface area contributed by atoms with Crippen molar-refractivity contribution < 1.29 is 18.7 Å². The maximum Gasteiger partial charge on any atom is 0.414 e. The number of halogens is 1. The van der Waals surface area contributed by atoms with Gasteiger partial charge in [-0.15, -0.1) is 0 Å². The van der Waals surface area contributed by atoms with Crippen molar-refractivity contribution in [3.8, 4) is 11.1 Å². The second-order valence-electron chi connectivity index (χ2n) is 6.52. The minimum absolute atomic E-state index is 0.197. The molecule has 2 aromatic carbocycles. The maximum absolute atomic E-state index is 14.7. The van der Waals surface area contributed by atoms with Gasteiger partial charge in [0.1, 0.15) is 11.9 Å². The molecule has 8 heteroatoms. The molecule has 2 amide bonds. The average Bonchev–Trinajstić information content (AvgIpc) is 3.06. The van der Waals surface area contributed by atoms with Gasteiger partial charge in [0.05, 0.1) is 18.8 Å². The predicted octanol–water partition coefficient (Wildman–Crippen LogP) is 2.18. The van der Waals surface area contributed by atoms with Gasteiger partial charge in [-0.05, 0) is 36.4 Å². The van der Waals surface area contributed by atoms with Crippen molar-refractivity contribution >= 4 is 17.7 Å². The Labute approximate surface area is 162 Å². The van der Waals surface area contributed by atoms with Gasteiger partial charge in [0.25, 0.3) is 0 Å². The van der Waals surface area contributed by atoms with Crippen molar-refractivity contribution in [1.29, 1.82) is 0 Å². The molecule has 1 aliphatic heterocycles. The fourth-order valence-corrected chi connectivity index (χ4v) is 2.99. The van der Waals surface area contributed by atoms with E-state index in [1.54, 1.807) is 19.2 Å². The number of benzene rings is 2. The SMILES string of the molecule is CNNCc1ccc(-c2ccc(N3C[C@H](CNC(C)=O)OC3=O)cc2F)cc1. The molecule has 0 unspecified atom stereocenters. The van der Waals surface area contributed by atoms with E-state index in [1.807, 2.05) is 24.3 Å². The highest BCUT2D eigenvalue weighted by atomic mass is 19.1. The van der Waals surface area contributed by atoms with Gasteiger partial charge in [-0.25, -0.2) is 9.18 Å². The van der Waals surface area contributed by atoms with Crippen LogP contribution in [-0.2, 0) is 16.1 Å². The number of cyclic esters (lactones) is 1. The molecule has 1 atom stereocenters. The van der Waals surface area contributed by atoms with Crippen LogP contribution in [0.1, 0.15) is 12.5 Å². The van der Waals surface area contributed by atoms with Crippen LogP contribution in [0.25, 0.3) is 11.1 Å². The Bertz CT molecular complexity index is 857. The summed E-state index contributed by atoms with van der Waals surface area (Å²) in [6.07, 6.45) is -1.01. The minimum Gasteiger partial charge on any atom is -0.442 e. The first-order valence-corrected chi connectivity index (χ1v) is 8.99. The first-order chi connectivity index (χ1) is 13.5. The van der Waals surface area contributed by atoms with Crippen LogP contribution in [0.5, 0.6) is 0 Å². The molecular formula is C20H23FN4O3. The monoisotopic (exact) mass is 386 g/mol. The third-order valence-electron chi connectivity index (χ3n) is 4.45. The van der Waals surface area contributed by atoms with Crippen LogP contribution in [-0.4, -0.2) is 38.2 Å². The number of carbonyl (C=O) groups is 2. The van der Waals surface area contributed by atoms with Crippen molar-refractivity contribution in [2.75, 3.05) is 25.0 Å². The number of amides is 2. The zero-order chi connectivity index (χ0) is 20.1. The number of hydrogen-bond donors (Lipinski definition) is 3. The molecule has 3 rings (SSSR count).